The van der Waals surface area contributed by atoms with Gasteiger partial charge in [-0.1, -0.05) is 0 Å². The standard InChI is InChI=1S/C14H19BrO2S2/c1-13(2,3)17-12(16)9-14(7-4-8-18-14)10-5-6-11(15)19-10/h5-6H,4,7-9H2,1-3H3. The van der Waals surface area contributed by atoms with E-state index < -0.39 is 5.60 Å². The van der Waals surface area contributed by atoms with Gasteiger partial charge < -0.3 is 4.74 Å². The zero-order valence-electron chi connectivity index (χ0n) is 11.5. The van der Waals surface area contributed by atoms with Crippen LogP contribution < -0.4 is 0 Å². The molecule has 0 N–H and O–H groups in total. The molecule has 1 fully saturated rings. The highest BCUT2D eigenvalue weighted by atomic mass is 79.9. The maximum absolute atomic E-state index is 12.2. The van der Waals surface area contributed by atoms with Crippen molar-refractivity contribution in [1.82, 2.24) is 0 Å². The average molecular weight is 363 g/mol. The number of hydrogen-bond donors (Lipinski definition) is 0. The predicted molar refractivity (Wildman–Crippen MR) is 85.9 cm³/mol. The minimum Gasteiger partial charge on any atom is -0.460 e. The van der Waals surface area contributed by atoms with Gasteiger partial charge in [0, 0.05) is 4.88 Å². The summed E-state index contributed by atoms with van der Waals surface area (Å²) in [5.74, 6) is 1.03. The molecule has 1 unspecified atom stereocenters. The number of hydrogen-bond acceptors (Lipinski definition) is 4. The molecule has 1 aromatic rings. The van der Waals surface area contributed by atoms with Gasteiger partial charge in [-0.05, 0) is 67.4 Å². The predicted octanol–water partition coefficient (Wildman–Crippen LogP) is 4.96. The number of ether oxygens (including phenoxy) is 1. The smallest absolute Gasteiger partial charge is 0.308 e. The van der Waals surface area contributed by atoms with E-state index in [1.807, 2.05) is 32.5 Å². The molecule has 0 saturated carbocycles. The molecule has 106 valence electrons. The Morgan fingerprint density at radius 3 is 2.68 bits per heavy atom. The summed E-state index contributed by atoms with van der Waals surface area (Å²) in [4.78, 5) is 13.4. The summed E-state index contributed by atoms with van der Waals surface area (Å²) in [5.41, 5.74) is -0.405. The lowest BCUT2D eigenvalue weighted by molar-refractivity contribution is -0.155. The van der Waals surface area contributed by atoms with Crippen LogP contribution in [0.2, 0.25) is 0 Å². The summed E-state index contributed by atoms with van der Waals surface area (Å²) < 4.78 is 6.55. The topological polar surface area (TPSA) is 26.3 Å². The van der Waals surface area contributed by atoms with Crippen LogP contribution in [0.4, 0.5) is 0 Å². The Morgan fingerprint density at radius 2 is 2.21 bits per heavy atom. The molecule has 1 aliphatic rings. The van der Waals surface area contributed by atoms with E-state index in [2.05, 4.69) is 28.1 Å². The third-order valence-electron chi connectivity index (χ3n) is 2.98. The van der Waals surface area contributed by atoms with E-state index in [1.165, 1.54) is 11.3 Å². The molecular formula is C14H19BrO2S2. The van der Waals surface area contributed by atoms with Crippen LogP contribution in [0.15, 0.2) is 15.9 Å². The normalized spacial score (nSPS) is 23.6. The Bertz CT molecular complexity index is 456. The third-order valence-corrected chi connectivity index (χ3v) is 6.55. The van der Waals surface area contributed by atoms with Crippen LogP contribution in [0, 0.1) is 0 Å². The summed E-state index contributed by atoms with van der Waals surface area (Å²) in [6.07, 6.45) is 2.70. The van der Waals surface area contributed by atoms with Crippen molar-refractivity contribution >= 4 is 45.0 Å². The quantitative estimate of drug-likeness (QED) is 0.710. The van der Waals surface area contributed by atoms with Gasteiger partial charge in [0.15, 0.2) is 0 Å². The van der Waals surface area contributed by atoms with Gasteiger partial charge in [-0.15, -0.1) is 23.1 Å². The maximum Gasteiger partial charge on any atom is 0.308 e. The van der Waals surface area contributed by atoms with Crippen LogP contribution in [-0.4, -0.2) is 17.3 Å². The van der Waals surface area contributed by atoms with E-state index in [0.29, 0.717) is 6.42 Å². The van der Waals surface area contributed by atoms with E-state index in [-0.39, 0.29) is 10.7 Å². The van der Waals surface area contributed by atoms with E-state index in [9.17, 15) is 4.79 Å². The first-order chi connectivity index (χ1) is 8.81. The fourth-order valence-corrected chi connectivity index (χ4v) is 5.49. The van der Waals surface area contributed by atoms with Crippen LogP contribution in [-0.2, 0) is 14.3 Å². The highest BCUT2D eigenvalue weighted by molar-refractivity contribution is 9.11. The van der Waals surface area contributed by atoms with Crippen molar-refractivity contribution in [3.63, 3.8) is 0 Å². The first-order valence-corrected chi connectivity index (χ1v) is 9.02. The van der Waals surface area contributed by atoms with E-state index in [1.54, 1.807) is 11.3 Å². The highest BCUT2D eigenvalue weighted by Gasteiger charge is 2.40. The molecule has 0 radical (unpaired) electrons. The molecule has 1 saturated heterocycles. The second-order valence-electron chi connectivity index (χ2n) is 5.81. The lowest BCUT2D eigenvalue weighted by atomic mass is 9.97. The van der Waals surface area contributed by atoms with Gasteiger partial charge in [0.1, 0.15) is 5.60 Å². The van der Waals surface area contributed by atoms with Crippen molar-refractivity contribution in [2.75, 3.05) is 5.75 Å². The van der Waals surface area contributed by atoms with E-state index >= 15 is 0 Å². The molecule has 0 amide bonds. The average Bonchev–Trinajstić information content (AvgIpc) is 2.84. The number of esters is 1. The molecule has 0 aliphatic carbocycles. The van der Waals surface area contributed by atoms with Crippen LogP contribution in [0.5, 0.6) is 0 Å². The molecule has 0 spiro atoms. The van der Waals surface area contributed by atoms with E-state index in [4.69, 9.17) is 4.74 Å². The Morgan fingerprint density at radius 1 is 1.47 bits per heavy atom. The number of thiophene rings is 1. The Kier molecular flexibility index (Phi) is 4.68. The number of halogens is 1. The number of rotatable bonds is 3. The van der Waals surface area contributed by atoms with Crippen LogP contribution >= 0.6 is 39.0 Å². The summed E-state index contributed by atoms with van der Waals surface area (Å²) in [7, 11) is 0. The molecule has 2 nitrogen and oxygen atoms in total. The zero-order chi connectivity index (χ0) is 14.1. The van der Waals surface area contributed by atoms with Crippen molar-refractivity contribution in [3.8, 4) is 0 Å². The largest absolute Gasteiger partial charge is 0.460 e. The van der Waals surface area contributed by atoms with Gasteiger partial charge in [-0.2, -0.15) is 0 Å². The monoisotopic (exact) mass is 362 g/mol. The SMILES string of the molecule is CC(C)(C)OC(=O)CC1(c2ccc(Br)s2)CCCS1. The second-order valence-corrected chi connectivity index (χ2v) is 9.75. The Hall–Kier alpha value is -0.000000000000000111. The molecule has 5 heteroatoms. The zero-order valence-corrected chi connectivity index (χ0v) is 14.7. The fourth-order valence-electron chi connectivity index (χ4n) is 2.29. The maximum atomic E-state index is 12.2. The molecule has 1 aliphatic heterocycles. The van der Waals surface area contributed by atoms with Crippen molar-refractivity contribution < 1.29 is 9.53 Å². The molecule has 1 atom stereocenters. The Balaban J connectivity index is 2.15. The molecule has 0 bridgehead atoms. The third kappa shape index (κ3) is 3.99. The Labute approximate surface area is 131 Å². The molecule has 19 heavy (non-hydrogen) atoms. The summed E-state index contributed by atoms with van der Waals surface area (Å²) >= 11 is 7.14. The van der Waals surface area contributed by atoms with Crippen molar-refractivity contribution in [1.29, 1.82) is 0 Å². The van der Waals surface area contributed by atoms with Crippen molar-refractivity contribution in [3.05, 3.63) is 20.8 Å². The summed E-state index contributed by atoms with van der Waals surface area (Å²) in [5, 5.41) is 0. The van der Waals surface area contributed by atoms with Gasteiger partial charge in [0.05, 0.1) is 15.0 Å². The van der Waals surface area contributed by atoms with Gasteiger partial charge in [-0.3, -0.25) is 4.79 Å². The van der Waals surface area contributed by atoms with Crippen LogP contribution in [0.1, 0.15) is 44.9 Å². The van der Waals surface area contributed by atoms with Crippen molar-refractivity contribution in [2.24, 2.45) is 0 Å². The van der Waals surface area contributed by atoms with Gasteiger partial charge in [-0.25, -0.2) is 0 Å². The number of carbonyl (C=O) groups excluding carboxylic acids is 1. The minimum absolute atomic E-state index is 0.0704. The molecule has 1 aromatic heterocycles. The lowest BCUT2D eigenvalue weighted by Gasteiger charge is -2.28. The number of thioether (sulfide) groups is 1. The minimum atomic E-state index is -0.405. The summed E-state index contributed by atoms with van der Waals surface area (Å²) in [6.45, 7) is 5.75. The van der Waals surface area contributed by atoms with E-state index in [0.717, 1.165) is 16.0 Å². The van der Waals surface area contributed by atoms with Gasteiger partial charge in [0.2, 0.25) is 0 Å². The lowest BCUT2D eigenvalue weighted by Crippen LogP contribution is -2.29. The van der Waals surface area contributed by atoms with Gasteiger partial charge in [0.25, 0.3) is 0 Å². The number of carbonyl (C=O) groups is 1. The molecular weight excluding hydrogens is 344 g/mol. The van der Waals surface area contributed by atoms with Gasteiger partial charge >= 0.3 is 5.97 Å². The molecule has 2 heterocycles. The first kappa shape index (κ1) is 15.4. The van der Waals surface area contributed by atoms with Crippen LogP contribution in [0.3, 0.4) is 0 Å². The molecule has 0 aromatic carbocycles. The second kappa shape index (κ2) is 5.78. The first-order valence-electron chi connectivity index (χ1n) is 6.42. The van der Waals surface area contributed by atoms with Crippen LogP contribution in [0.25, 0.3) is 0 Å². The van der Waals surface area contributed by atoms with Crippen molar-refractivity contribution in [2.45, 2.75) is 50.4 Å². The fraction of sp³-hybridized carbons (Fsp3) is 0.643. The molecule has 2 rings (SSSR count). The highest BCUT2D eigenvalue weighted by Crippen LogP contribution is 2.52. The summed E-state index contributed by atoms with van der Waals surface area (Å²) in [6, 6.07) is 4.20.